The van der Waals surface area contributed by atoms with Crippen LogP contribution in [0.25, 0.3) is 0 Å². The Hall–Kier alpha value is -1.52. The van der Waals surface area contributed by atoms with Crippen LogP contribution in [0.2, 0.25) is 0 Å². The number of likely N-dealkylation sites (tertiary alicyclic amines) is 1. The Morgan fingerprint density at radius 3 is 2.43 bits per heavy atom. The van der Waals surface area contributed by atoms with Gasteiger partial charge in [0.05, 0.1) is 5.92 Å². The van der Waals surface area contributed by atoms with Crippen molar-refractivity contribution in [1.29, 1.82) is 0 Å². The SMILES string of the molecule is C=CNC(=O)N1CCC(C(=O)O)CC1. The van der Waals surface area contributed by atoms with E-state index < -0.39 is 5.97 Å². The normalized spacial score (nSPS) is 17.6. The molecule has 78 valence electrons. The van der Waals surface area contributed by atoms with E-state index in [1.165, 1.54) is 6.20 Å². The second kappa shape index (κ2) is 4.64. The Morgan fingerprint density at radius 1 is 1.43 bits per heavy atom. The maximum atomic E-state index is 11.3. The molecule has 0 aromatic heterocycles. The second-order valence-electron chi connectivity index (χ2n) is 3.25. The highest BCUT2D eigenvalue weighted by atomic mass is 16.4. The lowest BCUT2D eigenvalue weighted by Gasteiger charge is -2.29. The van der Waals surface area contributed by atoms with Crippen molar-refractivity contribution in [2.45, 2.75) is 12.8 Å². The first-order chi connectivity index (χ1) is 6.65. The van der Waals surface area contributed by atoms with Gasteiger partial charge in [0.1, 0.15) is 0 Å². The van der Waals surface area contributed by atoms with E-state index in [4.69, 9.17) is 5.11 Å². The van der Waals surface area contributed by atoms with E-state index in [-0.39, 0.29) is 11.9 Å². The lowest BCUT2D eigenvalue weighted by Crippen LogP contribution is -2.43. The van der Waals surface area contributed by atoms with Gasteiger partial charge in [0, 0.05) is 13.1 Å². The van der Waals surface area contributed by atoms with Crippen LogP contribution in [0.15, 0.2) is 12.8 Å². The zero-order valence-corrected chi connectivity index (χ0v) is 7.90. The van der Waals surface area contributed by atoms with E-state index in [0.29, 0.717) is 25.9 Å². The molecule has 0 saturated carbocycles. The predicted octanol–water partition coefficient (Wildman–Crippen LogP) is 0.636. The van der Waals surface area contributed by atoms with Gasteiger partial charge in [-0.15, -0.1) is 0 Å². The summed E-state index contributed by atoms with van der Waals surface area (Å²) in [6.45, 7) is 4.38. The molecular formula is C9H14N2O3. The van der Waals surface area contributed by atoms with E-state index in [1.807, 2.05) is 0 Å². The molecule has 1 aliphatic rings. The number of rotatable bonds is 2. The molecule has 2 N–H and O–H groups in total. The summed E-state index contributed by atoms with van der Waals surface area (Å²) in [5, 5.41) is 11.2. The molecule has 2 amide bonds. The first kappa shape index (κ1) is 10.6. The summed E-state index contributed by atoms with van der Waals surface area (Å²) in [5.74, 6) is -1.07. The Balaban J connectivity index is 2.38. The van der Waals surface area contributed by atoms with Gasteiger partial charge in [0.2, 0.25) is 0 Å². The number of carbonyl (C=O) groups excluding carboxylic acids is 1. The molecule has 0 bridgehead atoms. The first-order valence-electron chi connectivity index (χ1n) is 4.54. The van der Waals surface area contributed by atoms with Gasteiger partial charge < -0.3 is 15.3 Å². The van der Waals surface area contributed by atoms with Crippen molar-refractivity contribution in [1.82, 2.24) is 10.2 Å². The number of carboxylic acid groups (broad SMARTS) is 1. The van der Waals surface area contributed by atoms with Crippen LogP contribution in [0.5, 0.6) is 0 Å². The van der Waals surface area contributed by atoms with Crippen molar-refractivity contribution in [3.8, 4) is 0 Å². The molecule has 0 atom stereocenters. The van der Waals surface area contributed by atoms with Gasteiger partial charge in [0.25, 0.3) is 0 Å². The summed E-state index contributed by atoms with van der Waals surface area (Å²) < 4.78 is 0. The first-order valence-corrected chi connectivity index (χ1v) is 4.54. The minimum Gasteiger partial charge on any atom is -0.481 e. The number of nitrogens with one attached hydrogen (secondary N) is 1. The molecule has 1 heterocycles. The smallest absolute Gasteiger partial charge is 0.321 e. The van der Waals surface area contributed by atoms with Crippen molar-refractivity contribution in [2.75, 3.05) is 13.1 Å². The molecular weight excluding hydrogens is 184 g/mol. The zero-order valence-electron chi connectivity index (χ0n) is 7.90. The fourth-order valence-electron chi connectivity index (χ4n) is 1.51. The average Bonchev–Trinajstić information content (AvgIpc) is 2.18. The summed E-state index contributed by atoms with van der Waals surface area (Å²) >= 11 is 0. The molecule has 1 rings (SSSR count). The Labute approximate surface area is 82.4 Å². The topological polar surface area (TPSA) is 69.6 Å². The number of nitrogens with zero attached hydrogens (tertiary/aromatic N) is 1. The number of aliphatic carboxylic acids is 1. The van der Waals surface area contributed by atoms with Gasteiger partial charge in [-0.3, -0.25) is 4.79 Å². The molecule has 14 heavy (non-hydrogen) atoms. The Kier molecular flexibility index (Phi) is 3.50. The highest BCUT2D eigenvalue weighted by molar-refractivity contribution is 5.76. The quantitative estimate of drug-likeness (QED) is 0.684. The van der Waals surface area contributed by atoms with Crippen LogP contribution >= 0.6 is 0 Å². The lowest BCUT2D eigenvalue weighted by molar-refractivity contribution is -0.143. The molecule has 1 fully saturated rings. The molecule has 5 nitrogen and oxygen atoms in total. The monoisotopic (exact) mass is 198 g/mol. The molecule has 0 unspecified atom stereocenters. The van der Waals surface area contributed by atoms with Crippen LogP contribution in [-0.4, -0.2) is 35.1 Å². The largest absolute Gasteiger partial charge is 0.481 e. The number of carbonyl (C=O) groups is 2. The maximum Gasteiger partial charge on any atom is 0.321 e. The van der Waals surface area contributed by atoms with Crippen molar-refractivity contribution in [2.24, 2.45) is 5.92 Å². The van der Waals surface area contributed by atoms with Crippen LogP contribution in [0.1, 0.15) is 12.8 Å². The lowest BCUT2D eigenvalue weighted by atomic mass is 9.97. The van der Waals surface area contributed by atoms with Gasteiger partial charge in [-0.05, 0) is 19.0 Å². The Bertz CT molecular complexity index is 244. The van der Waals surface area contributed by atoms with Crippen molar-refractivity contribution < 1.29 is 14.7 Å². The zero-order chi connectivity index (χ0) is 10.6. The molecule has 0 aliphatic carbocycles. The molecule has 0 aromatic rings. The van der Waals surface area contributed by atoms with Crippen LogP contribution in [0.3, 0.4) is 0 Å². The minimum atomic E-state index is -0.770. The fourth-order valence-corrected chi connectivity index (χ4v) is 1.51. The third kappa shape index (κ3) is 2.48. The van der Waals surface area contributed by atoms with Gasteiger partial charge in [-0.25, -0.2) is 4.79 Å². The van der Waals surface area contributed by atoms with Crippen LogP contribution in [0.4, 0.5) is 4.79 Å². The average molecular weight is 198 g/mol. The molecule has 1 aliphatic heterocycles. The second-order valence-corrected chi connectivity index (χ2v) is 3.25. The summed E-state index contributed by atoms with van der Waals surface area (Å²) in [6.07, 6.45) is 2.38. The minimum absolute atomic E-state index is 0.205. The number of urea groups is 1. The predicted molar refractivity (Wildman–Crippen MR) is 50.7 cm³/mol. The summed E-state index contributed by atoms with van der Waals surface area (Å²) in [7, 11) is 0. The maximum absolute atomic E-state index is 11.3. The van der Waals surface area contributed by atoms with Gasteiger partial charge in [0.15, 0.2) is 0 Å². The number of amides is 2. The van der Waals surface area contributed by atoms with E-state index in [1.54, 1.807) is 4.90 Å². The van der Waals surface area contributed by atoms with E-state index in [2.05, 4.69) is 11.9 Å². The standard InChI is InChI=1S/C9H14N2O3/c1-2-10-9(14)11-5-3-7(4-6-11)8(12)13/h2,7H,1,3-6H2,(H,10,14)(H,12,13). The molecule has 0 aromatic carbocycles. The van der Waals surface area contributed by atoms with Gasteiger partial charge in [-0.1, -0.05) is 6.58 Å². The van der Waals surface area contributed by atoms with Crippen LogP contribution in [0, 0.1) is 5.92 Å². The number of hydrogen-bond donors (Lipinski definition) is 2. The molecule has 5 heteroatoms. The van der Waals surface area contributed by atoms with Crippen molar-refractivity contribution in [3.63, 3.8) is 0 Å². The third-order valence-electron chi connectivity index (χ3n) is 2.36. The number of carboxylic acids is 1. The third-order valence-corrected chi connectivity index (χ3v) is 2.36. The summed E-state index contributed by atoms with van der Waals surface area (Å²) in [4.78, 5) is 23.5. The molecule has 0 radical (unpaired) electrons. The van der Waals surface area contributed by atoms with Gasteiger partial charge in [-0.2, -0.15) is 0 Å². The number of hydrogen-bond acceptors (Lipinski definition) is 2. The van der Waals surface area contributed by atoms with Crippen LogP contribution < -0.4 is 5.32 Å². The van der Waals surface area contributed by atoms with Gasteiger partial charge >= 0.3 is 12.0 Å². The van der Waals surface area contributed by atoms with E-state index in [9.17, 15) is 9.59 Å². The van der Waals surface area contributed by atoms with Crippen molar-refractivity contribution >= 4 is 12.0 Å². The molecule has 1 saturated heterocycles. The fraction of sp³-hybridized carbons (Fsp3) is 0.556. The summed E-state index contributed by atoms with van der Waals surface area (Å²) in [5.41, 5.74) is 0. The number of piperidine rings is 1. The van der Waals surface area contributed by atoms with Crippen LogP contribution in [-0.2, 0) is 4.79 Å². The highest BCUT2D eigenvalue weighted by Gasteiger charge is 2.26. The summed E-state index contributed by atoms with van der Waals surface area (Å²) in [6, 6.07) is -0.205. The molecule has 0 spiro atoms. The van der Waals surface area contributed by atoms with Crippen molar-refractivity contribution in [3.05, 3.63) is 12.8 Å². The highest BCUT2D eigenvalue weighted by Crippen LogP contribution is 2.16. The van der Waals surface area contributed by atoms with E-state index >= 15 is 0 Å². The van der Waals surface area contributed by atoms with E-state index in [0.717, 1.165) is 0 Å². The Morgan fingerprint density at radius 2 is 2.00 bits per heavy atom.